The minimum Gasteiger partial charge on any atom is -0.388 e. The van der Waals surface area contributed by atoms with Crippen LogP contribution in [0.2, 0.25) is 0 Å². The van der Waals surface area contributed by atoms with E-state index in [1.54, 1.807) is 0 Å². The minimum absolute atomic E-state index is 0.0800. The van der Waals surface area contributed by atoms with E-state index in [1.165, 1.54) is 26.2 Å². The van der Waals surface area contributed by atoms with Gasteiger partial charge in [-0.3, -0.25) is 0 Å². The van der Waals surface area contributed by atoms with Crippen LogP contribution < -0.4 is 5.32 Å². The Morgan fingerprint density at radius 1 is 1.30 bits per heavy atom. The maximum Gasteiger partial charge on any atom is 0.129 e. The highest BCUT2D eigenvalue weighted by atomic mass is 19.1. The summed E-state index contributed by atoms with van der Waals surface area (Å²) in [5.74, 6) is 0.311. The Hall–Kier alpha value is -1.00. The molecule has 110 valence electrons. The molecule has 4 atom stereocenters. The van der Waals surface area contributed by atoms with Crippen LogP contribution in [-0.2, 0) is 0 Å². The van der Waals surface area contributed by atoms with E-state index in [9.17, 15) is 13.9 Å². The molecular weight excluding hydrogens is 260 g/mol. The van der Waals surface area contributed by atoms with Gasteiger partial charge in [0.05, 0.1) is 6.10 Å². The maximum absolute atomic E-state index is 13.9. The van der Waals surface area contributed by atoms with E-state index in [4.69, 9.17) is 0 Å². The summed E-state index contributed by atoms with van der Waals surface area (Å²) < 4.78 is 27.4. The first-order valence-corrected chi connectivity index (χ1v) is 7.43. The number of aliphatic hydroxyl groups is 1. The number of benzene rings is 1. The molecule has 2 fully saturated rings. The number of fused-ring (bicyclic) bond motifs is 1. The Morgan fingerprint density at radius 3 is 2.90 bits per heavy atom. The van der Waals surface area contributed by atoms with E-state index in [2.05, 4.69) is 5.32 Å². The molecule has 2 aliphatic rings. The van der Waals surface area contributed by atoms with Crippen molar-refractivity contribution in [3.05, 3.63) is 34.9 Å². The summed E-state index contributed by atoms with van der Waals surface area (Å²) in [7, 11) is 0. The van der Waals surface area contributed by atoms with Crippen LogP contribution in [0.1, 0.15) is 42.9 Å². The summed E-state index contributed by atoms with van der Waals surface area (Å²) in [6.07, 6.45) is 3.19. The van der Waals surface area contributed by atoms with Crippen molar-refractivity contribution in [3.63, 3.8) is 0 Å². The molecule has 0 bridgehead atoms. The molecule has 1 aliphatic heterocycles. The highest BCUT2D eigenvalue weighted by Crippen LogP contribution is 2.40. The van der Waals surface area contributed by atoms with Gasteiger partial charge in [-0.25, -0.2) is 8.78 Å². The molecule has 1 saturated heterocycles. The third-order valence-corrected chi connectivity index (χ3v) is 4.99. The number of halogens is 2. The lowest BCUT2D eigenvalue weighted by Gasteiger charge is -2.22. The largest absolute Gasteiger partial charge is 0.388 e. The SMILES string of the molecule is Cc1cc(F)c(C(O)CC2NCC3CCCC32)cc1F. The van der Waals surface area contributed by atoms with Crippen molar-refractivity contribution in [2.75, 3.05) is 6.54 Å². The van der Waals surface area contributed by atoms with E-state index in [0.29, 0.717) is 18.3 Å². The third kappa shape index (κ3) is 2.47. The van der Waals surface area contributed by atoms with Crippen molar-refractivity contribution in [3.8, 4) is 0 Å². The lowest BCUT2D eigenvalue weighted by atomic mass is 9.89. The zero-order valence-corrected chi connectivity index (χ0v) is 11.7. The van der Waals surface area contributed by atoms with Crippen molar-refractivity contribution in [1.29, 1.82) is 0 Å². The average Bonchev–Trinajstić information content (AvgIpc) is 2.98. The van der Waals surface area contributed by atoms with E-state index in [1.807, 2.05) is 0 Å². The summed E-state index contributed by atoms with van der Waals surface area (Å²) in [5, 5.41) is 13.7. The Bertz CT molecular complexity index is 505. The summed E-state index contributed by atoms with van der Waals surface area (Å²) in [6.45, 7) is 2.52. The van der Waals surface area contributed by atoms with Gasteiger partial charge in [0.1, 0.15) is 11.6 Å². The predicted octanol–water partition coefficient (Wildman–Crippen LogP) is 3.08. The molecule has 2 nitrogen and oxygen atoms in total. The van der Waals surface area contributed by atoms with Crippen molar-refractivity contribution >= 4 is 0 Å². The molecule has 2 N–H and O–H groups in total. The first kappa shape index (κ1) is 14.0. The molecule has 4 heteroatoms. The highest BCUT2D eigenvalue weighted by Gasteiger charge is 2.39. The zero-order valence-electron chi connectivity index (χ0n) is 11.7. The van der Waals surface area contributed by atoms with Crippen LogP contribution in [0.4, 0.5) is 8.78 Å². The van der Waals surface area contributed by atoms with E-state index in [0.717, 1.165) is 18.7 Å². The van der Waals surface area contributed by atoms with Gasteiger partial charge in [-0.1, -0.05) is 6.42 Å². The van der Waals surface area contributed by atoms with Gasteiger partial charge in [-0.15, -0.1) is 0 Å². The fourth-order valence-electron chi connectivity index (χ4n) is 3.85. The summed E-state index contributed by atoms with van der Waals surface area (Å²) in [6, 6.07) is 2.52. The van der Waals surface area contributed by atoms with Crippen LogP contribution in [0.5, 0.6) is 0 Å². The fourth-order valence-corrected chi connectivity index (χ4v) is 3.85. The molecule has 0 radical (unpaired) electrons. The number of aliphatic hydroxyl groups excluding tert-OH is 1. The first-order valence-electron chi connectivity index (χ1n) is 7.43. The van der Waals surface area contributed by atoms with Gasteiger partial charge in [0.25, 0.3) is 0 Å². The van der Waals surface area contributed by atoms with E-state index < -0.39 is 17.7 Å². The topological polar surface area (TPSA) is 32.3 Å². The molecule has 3 rings (SSSR count). The Morgan fingerprint density at radius 2 is 2.10 bits per heavy atom. The normalized spacial score (nSPS) is 30.5. The maximum atomic E-state index is 13.9. The van der Waals surface area contributed by atoms with Crippen LogP contribution >= 0.6 is 0 Å². The fraction of sp³-hybridized carbons (Fsp3) is 0.625. The molecule has 1 aromatic carbocycles. The van der Waals surface area contributed by atoms with Crippen LogP contribution in [0.15, 0.2) is 12.1 Å². The van der Waals surface area contributed by atoms with E-state index >= 15 is 0 Å². The zero-order chi connectivity index (χ0) is 14.3. The van der Waals surface area contributed by atoms with Crippen molar-refractivity contribution < 1.29 is 13.9 Å². The molecule has 0 amide bonds. The molecule has 1 heterocycles. The first-order chi connectivity index (χ1) is 9.56. The van der Waals surface area contributed by atoms with Gasteiger partial charge >= 0.3 is 0 Å². The van der Waals surface area contributed by atoms with Gasteiger partial charge in [0.15, 0.2) is 0 Å². The second kappa shape index (κ2) is 5.41. The number of aryl methyl sites for hydroxylation is 1. The molecule has 0 aromatic heterocycles. The smallest absolute Gasteiger partial charge is 0.129 e. The van der Waals surface area contributed by atoms with Gasteiger partial charge in [0.2, 0.25) is 0 Å². The molecule has 1 saturated carbocycles. The monoisotopic (exact) mass is 281 g/mol. The molecule has 0 spiro atoms. The Balaban J connectivity index is 1.73. The summed E-state index contributed by atoms with van der Waals surface area (Å²) >= 11 is 0. The summed E-state index contributed by atoms with van der Waals surface area (Å²) in [4.78, 5) is 0. The second-order valence-electron chi connectivity index (χ2n) is 6.24. The molecule has 4 unspecified atom stereocenters. The van der Waals surface area contributed by atoms with E-state index in [-0.39, 0.29) is 17.2 Å². The lowest BCUT2D eigenvalue weighted by molar-refractivity contribution is 0.140. The summed E-state index contributed by atoms with van der Waals surface area (Å²) in [5.41, 5.74) is 0.352. The Labute approximate surface area is 118 Å². The van der Waals surface area contributed by atoms with Crippen LogP contribution in [-0.4, -0.2) is 17.7 Å². The van der Waals surface area contributed by atoms with Crippen molar-refractivity contribution in [1.82, 2.24) is 5.32 Å². The van der Waals surface area contributed by atoms with Crippen molar-refractivity contribution in [2.45, 2.75) is 44.8 Å². The lowest BCUT2D eigenvalue weighted by Crippen LogP contribution is -2.29. The number of hydrogen-bond acceptors (Lipinski definition) is 2. The Kier molecular flexibility index (Phi) is 3.78. The molecular formula is C16H21F2NO. The highest BCUT2D eigenvalue weighted by molar-refractivity contribution is 5.27. The van der Waals surface area contributed by atoms with Gasteiger partial charge < -0.3 is 10.4 Å². The number of nitrogens with one attached hydrogen (secondary N) is 1. The molecule has 1 aliphatic carbocycles. The molecule has 1 aromatic rings. The quantitative estimate of drug-likeness (QED) is 0.892. The number of rotatable bonds is 3. The van der Waals surface area contributed by atoms with Crippen LogP contribution in [0, 0.1) is 30.4 Å². The predicted molar refractivity (Wildman–Crippen MR) is 73.3 cm³/mol. The van der Waals surface area contributed by atoms with Crippen LogP contribution in [0.25, 0.3) is 0 Å². The third-order valence-electron chi connectivity index (χ3n) is 4.99. The van der Waals surface area contributed by atoms with Gasteiger partial charge in [-0.2, -0.15) is 0 Å². The van der Waals surface area contributed by atoms with Gasteiger partial charge in [-0.05, 0) is 62.3 Å². The number of hydrogen-bond donors (Lipinski definition) is 2. The van der Waals surface area contributed by atoms with Crippen molar-refractivity contribution in [2.24, 2.45) is 11.8 Å². The average molecular weight is 281 g/mol. The van der Waals surface area contributed by atoms with Gasteiger partial charge in [0, 0.05) is 11.6 Å². The minimum atomic E-state index is -0.943. The second-order valence-corrected chi connectivity index (χ2v) is 6.24. The standard InChI is InChI=1S/C16H21F2NO/c1-9-5-14(18)12(6-13(9)17)16(20)7-15-11-4-2-3-10(11)8-19-15/h5-6,10-11,15-16,19-20H,2-4,7-8H2,1H3. The van der Waals surface area contributed by atoms with Crippen LogP contribution in [0.3, 0.4) is 0 Å². The molecule has 20 heavy (non-hydrogen) atoms.